The lowest BCUT2D eigenvalue weighted by atomic mass is 9.84. The first-order valence-corrected chi connectivity index (χ1v) is 13.9. The Balaban J connectivity index is 1.16. The Morgan fingerprint density at radius 3 is 2.39 bits per heavy atom. The van der Waals surface area contributed by atoms with Gasteiger partial charge in [-0.05, 0) is 78.6 Å². The summed E-state index contributed by atoms with van der Waals surface area (Å²) in [4.78, 5) is 9.20. The van der Waals surface area contributed by atoms with Crippen molar-refractivity contribution < 1.29 is 4.39 Å². The van der Waals surface area contributed by atoms with E-state index in [0.717, 1.165) is 42.8 Å². The lowest BCUT2D eigenvalue weighted by molar-refractivity contribution is 0.352. The van der Waals surface area contributed by atoms with Crippen LogP contribution in [-0.4, -0.2) is 29.3 Å². The van der Waals surface area contributed by atoms with E-state index in [1.54, 1.807) is 12.1 Å². The molecular weight excluding hydrogens is 473 g/mol. The van der Waals surface area contributed by atoms with Gasteiger partial charge < -0.3 is 16.0 Å². The van der Waals surface area contributed by atoms with Crippen molar-refractivity contribution in [3.8, 4) is 0 Å². The second-order valence-corrected chi connectivity index (χ2v) is 10.4. The molecule has 2 atom stereocenters. The maximum atomic E-state index is 13.6. The van der Waals surface area contributed by atoms with Crippen LogP contribution < -0.4 is 16.0 Å². The SMILES string of the molecule is CCC1C(c2ccnc(NC3CCC(NCc4ccccc4)CC3)c2)=CN=CC1NCc1cccc(F)c1. The largest absolute Gasteiger partial charge is 0.367 e. The first-order chi connectivity index (χ1) is 18.7. The van der Waals surface area contributed by atoms with Crippen LogP contribution in [-0.2, 0) is 13.1 Å². The van der Waals surface area contributed by atoms with Crippen LogP contribution >= 0.6 is 0 Å². The summed E-state index contributed by atoms with van der Waals surface area (Å²) in [5, 5.41) is 11.0. The van der Waals surface area contributed by atoms with Gasteiger partial charge in [-0.15, -0.1) is 0 Å². The first-order valence-electron chi connectivity index (χ1n) is 13.9. The zero-order valence-electron chi connectivity index (χ0n) is 22.1. The van der Waals surface area contributed by atoms with Crippen molar-refractivity contribution in [2.75, 3.05) is 5.32 Å². The minimum atomic E-state index is -0.206. The van der Waals surface area contributed by atoms with Crippen molar-refractivity contribution in [1.82, 2.24) is 15.6 Å². The normalized spacial score (nSPS) is 23.2. The fourth-order valence-electron chi connectivity index (χ4n) is 5.65. The van der Waals surface area contributed by atoms with Gasteiger partial charge in [0, 0.05) is 55.7 Å². The quantitative estimate of drug-likeness (QED) is 0.297. The summed E-state index contributed by atoms with van der Waals surface area (Å²) in [7, 11) is 0. The highest BCUT2D eigenvalue weighted by Gasteiger charge is 2.26. The lowest BCUT2D eigenvalue weighted by Gasteiger charge is -2.31. The number of halogens is 1. The van der Waals surface area contributed by atoms with Crippen LogP contribution in [0, 0.1) is 11.7 Å². The molecule has 1 fully saturated rings. The van der Waals surface area contributed by atoms with E-state index in [9.17, 15) is 4.39 Å². The van der Waals surface area contributed by atoms with Gasteiger partial charge in [0.1, 0.15) is 11.6 Å². The molecule has 198 valence electrons. The highest BCUT2D eigenvalue weighted by Crippen LogP contribution is 2.32. The van der Waals surface area contributed by atoms with E-state index in [2.05, 4.69) is 75.3 Å². The predicted molar refractivity (Wildman–Crippen MR) is 154 cm³/mol. The van der Waals surface area contributed by atoms with Gasteiger partial charge in [0.15, 0.2) is 0 Å². The molecule has 0 radical (unpaired) electrons. The summed E-state index contributed by atoms with van der Waals surface area (Å²) < 4.78 is 13.6. The third kappa shape index (κ3) is 6.94. The van der Waals surface area contributed by atoms with Crippen LogP contribution in [0.2, 0.25) is 0 Å². The average molecular weight is 512 g/mol. The van der Waals surface area contributed by atoms with Crippen LogP contribution in [0.1, 0.15) is 55.7 Å². The number of hydrogen-bond acceptors (Lipinski definition) is 5. The number of nitrogens with zero attached hydrogens (tertiary/aromatic N) is 2. The maximum Gasteiger partial charge on any atom is 0.126 e. The number of rotatable bonds is 10. The summed E-state index contributed by atoms with van der Waals surface area (Å²) in [6.07, 6.45) is 11.4. The van der Waals surface area contributed by atoms with E-state index in [1.807, 2.05) is 24.7 Å². The monoisotopic (exact) mass is 511 g/mol. The Labute approximate surface area is 225 Å². The lowest BCUT2D eigenvalue weighted by Crippen LogP contribution is -2.39. The van der Waals surface area contributed by atoms with Crippen LogP contribution in [0.5, 0.6) is 0 Å². The molecule has 3 aromatic rings. The van der Waals surface area contributed by atoms with Gasteiger partial charge in [-0.2, -0.15) is 0 Å². The second kappa shape index (κ2) is 12.9. The molecule has 1 aliphatic heterocycles. The molecule has 6 heteroatoms. The molecule has 1 aromatic heterocycles. The highest BCUT2D eigenvalue weighted by atomic mass is 19.1. The molecule has 2 aliphatic rings. The van der Waals surface area contributed by atoms with Gasteiger partial charge >= 0.3 is 0 Å². The summed E-state index contributed by atoms with van der Waals surface area (Å²) >= 11 is 0. The molecule has 3 N–H and O–H groups in total. The standard InChI is InChI=1S/C32H38FN5/c1-2-29-30(21-34-22-31(29)37-20-24-9-6-10-26(33)17-24)25-15-16-35-32(18-25)38-28-13-11-27(12-14-28)36-19-23-7-4-3-5-8-23/h3-10,15-18,21-22,27-29,31,36-37H,2,11-14,19-20H2,1H3,(H,35,38). The molecule has 5 rings (SSSR count). The number of anilines is 1. The van der Waals surface area contributed by atoms with Crippen molar-refractivity contribution in [2.24, 2.45) is 10.9 Å². The molecule has 0 bridgehead atoms. The van der Waals surface area contributed by atoms with E-state index in [4.69, 9.17) is 0 Å². The van der Waals surface area contributed by atoms with Crippen molar-refractivity contribution in [1.29, 1.82) is 0 Å². The molecule has 2 aromatic carbocycles. The van der Waals surface area contributed by atoms with Crippen LogP contribution in [0.3, 0.4) is 0 Å². The molecular formula is C32H38FN5. The van der Waals surface area contributed by atoms with Gasteiger partial charge in [0.05, 0.1) is 0 Å². The van der Waals surface area contributed by atoms with E-state index in [1.165, 1.54) is 30.0 Å². The number of hydrogen-bond donors (Lipinski definition) is 3. The molecule has 5 nitrogen and oxygen atoms in total. The van der Waals surface area contributed by atoms with E-state index in [0.29, 0.717) is 18.6 Å². The minimum Gasteiger partial charge on any atom is -0.367 e. The summed E-state index contributed by atoms with van der Waals surface area (Å²) in [5.74, 6) is 1.00. The van der Waals surface area contributed by atoms with E-state index in [-0.39, 0.29) is 17.8 Å². The van der Waals surface area contributed by atoms with Crippen LogP contribution in [0.4, 0.5) is 10.2 Å². The summed E-state index contributed by atoms with van der Waals surface area (Å²) in [6, 6.07) is 22.7. The Bertz CT molecular complexity index is 1230. The summed E-state index contributed by atoms with van der Waals surface area (Å²) in [5.41, 5.74) is 4.64. The molecule has 1 saturated carbocycles. The number of aliphatic imine (C=N–C) groups is 1. The molecule has 2 heterocycles. The fourth-order valence-corrected chi connectivity index (χ4v) is 5.65. The van der Waals surface area contributed by atoms with Crippen molar-refractivity contribution in [3.05, 3.63) is 102 Å². The summed E-state index contributed by atoms with van der Waals surface area (Å²) in [6.45, 7) is 3.74. The van der Waals surface area contributed by atoms with Crippen LogP contribution in [0.25, 0.3) is 5.57 Å². The topological polar surface area (TPSA) is 61.3 Å². The number of aromatic nitrogens is 1. The molecule has 38 heavy (non-hydrogen) atoms. The van der Waals surface area contributed by atoms with Gasteiger partial charge in [0.2, 0.25) is 0 Å². The first kappa shape index (κ1) is 26.3. The average Bonchev–Trinajstić information content (AvgIpc) is 2.96. The Morgan fingerprint density at radius 1 is 0.842 bits per heavy atom. The molecule has 0 saturated heterocycles. The predicted octanol–water partition coefficient (Wildman–Crippen LogP) is 6.34. The van der Waals surface area contributed by atoms with E-state index >= 15 is 0 Å². The second-order valence-electron chi connectivity index (χ2n) is 10.4. The number of pyridine rings is 1. The van der Waals surface area contributed by atoms with Crippen LogP contribution in [0.15, 0.2) is 84.1 Å². The highest BCUT2D eigenvalue weighted by molar-refractivity contribution is 5.80. The Hall–Kier alpha value is -3.35. The Kier molecular flexibility index (Phi) is 8.94. The van der Waals surface area contributed by atoms with Crippen molar-refractivity contribution in [2.45, 2.75) is 70.2 Å². The zero-order valence-corrected chi connectivity index (χ0v) is 22.1. The molecule has 1 aliphatic carbocycles. The van der Waals surface area contributed by atoms with Gasteiger partial charge in [-0.25, -0.2) is 9.37 Å². The third-order valence-corrected chi connectivity index (χ3v) is 7.77. The number of nitrogens with one attached hydrogen (secondary N) is 3. The smallest absolute Gasteiger partial charge is 0.126 e. The molecule has 0 amide bonds. The van der Waals surface area contributed by atoms with Crippen molar-refractivity contribution >= 4 is 17.6 Å². The van der Waals surface area contributed by atoms with Gasteiger partial charge in [-0.1, -0.05) is 49.4 Å². The minimum absolute atomic E-state index is 0.0894. The van der Waals surface area contributed by atoms with Gasteiger partial charge in [0.25, 0.3) is 0 Å². The Morgan fingerprint density at radius 2 is 1.61 bits per heavy atom. The number of benzene rings is 2. The molecule has 2 unspecified atom stereocenters. The van der Waals surface area contributed by atoms with Crippen molar-refractivity contribution in [3.63, 3.8) is 0 Å². The van der Waals surface area contributed by atoms with E-state index < -0.39 is 0 Å². The fraction of sp³-hybridized carbons (Fsp3) is 0.375. The van der Waals surface area contributed by atoms with Gasteiger partial charge in [-0.3, -0.25) is 4.99 Å². The third-order valence-electron chi connectivity index (χ3n) is 7.77. The zero-order chi connectivity index (χ0) is 26.2. The maximum absolute atomic E-state index is 13.6. The molecule has 0 spiro atoms.